The van der Waals surface area contributed by atoms with Gasteiger partial charge in [0.2, 0.25) is 0 Å². The number of nitrogens with zero attached hydrogens (tertiary/aromatic N) is 6. The molecule has 6 nitrogen and oxygen atoms in total. The van der Waals surface area contributed by atoms with Crippen LogP contribution in [0.2, 0.25) is 0 Å². The lowest BCUT2D eigenvalue weighted by Gasteiger charge is -2.33. The molecule has 0 aliphatic heterocycles. The molecule has 10 heteroatoms. The first kappa shape index (κ1) is 18.9. The van der Waals surface area contributed by atoms with Crippen LogP contribution in [-0.4, -0.2) is 36.2 Å². The van der Waals surface area contributed by atoms with Gasteiger partial charge in [-0.05, 0) is 89.3 Å². The standard InChI is InChI=1S/C15H18BBr3N6/c1-7-13(17)10(4)23(20-7)16(24-11(5)14(18)8(2)21-24)25-12(6)15(19)9(3)22-25/h1-6H3/q-1. The first-order valence-electron chi connectivity index (χ1n) is 7.78. The van der Waals surface area contributed by atoms with E-state index in [2.05, 4.69) is 47.8 Å². The highest BCUT2D eigenvalue weighted by molar-refractivity contribution is 9.11. The van der Waals surface area contributed by atoms with Crippen LogP contribution in [0.25, 0.3) is 0 Å². The summed E-state index contributed by atoms with van der Waals surface area (Å²) < 4.78 is 8.86. The van der Waals surface area contributed by atoms with Crippen molar-refractivity contribution in [2.75, 3.05) is 0 Å². The predicted molar refractivity (Wildman–Crippen MR) is 110 cm³/mol. The zero-order valence-electron chi connectivity index (χ0n) is 14.9. The number of hydrogen-bond donors (Lipinski definition) is 0. The number of halogens is 3. The maximum atomic E-state index is 4.74. The Hall–Kier alpha value is -0.865. The average molecular weight is 533 g/mol. The molecule has 1 radical (unpaired) electrons. The minimum Gasteiger partial charge on any atom is -0.421 e. The molecule has 0 aromatic carbocycles. The van der Waals surface area contributed by atoms with Crippen LogP contribution in [0.1, 0.15) is 34.2 Å². The molecule has 0 bridgehead atoms. The minimum absolute atomic E-state index is 0.333. The van der Waals surface area contributed by atoms with E-state index in [1.165, 1.54) is 0 Å². The lowest BCUT2D eigenvalue weighted by atomic mass is 9.93. The molecular weight excluding hydrogens is 515 g/mol. The van der Waals surface area contributed by atoms with Gasteiger partial charge < -0.3 is 13.8 Å². The smallest absolute Gasteiger partial charge is 0.261 e. The summed E-state index contributed by atoms with van der Waals surface area (Å²) in [6.45, 7) is 12.1. The highest BCUT2D eigenvalue weighted by atomic mass is 79.9. The van der Waals surface area contributed by atoms with Crippen LogP contribution in [0, 0.1) is 41.5 Å². The maximum Gasteiger partial charge on any atom is 0.261 e. The van der Waals surface area contributed by atoms with Gasteiger partial charge in [0.15, 0.2) is 0 Å². The van der Waals surface area contributed by atoms with E-state index in [1.807, 2.05) is 55.3 Å². The first-order chi connectivity index (χ1) is 11.6. The van der Waals surface area contributed by atoms with Crippen molar-refractivity contribution < 1.29 is 0 Å². The molecule has 0 amide bonds. The van der Waals surface area contributed by atoms with Gasteiger partial charge in [0, 0.05) is 17.1 Å². The quantitative estimate of drug-likeness (QED) is 0.472. The molecule has 3 aromatic heterocycles. The van der Waals surface area contributed by atoms with E-state index < -0.39 is 0 Å². The van der Waals surface area contributed by atoms with Crippen molar-refractivity contribution in [3.63, 3.8) is 0 Å². The maximum absolute atomic E-state index is 4.74. The van der Waals surface area contributed by atoms with Crippen LogP contribution < -0.4 is 0 Å². The molecule has 0 N–H and O–H groups in total. The Kier molecular flexibility index (Phi) is 5.07. The van der Waals surface area contributed by atoms with Crippen LogP contribution in [0.15, 0.2) is 13.4 Å². The molecule has 0 unspecified atom stereocenters. The van der Waals surface area contributed by atoms with E-state index in [0.717, 1.165) is 47.6 Å². The Morgan fingerprint density at radius 1 is 0.560 bits per heavy atom. The topological polar surface area (TPSA) is 53.5 Å². The van der Waals surface area contributed by atoms with Gasteiger partial charge in [-0.2, -0.15) is 0 Å². The summed E-state index contributed by atoms with van der Waals surface area (Å²) in [7, 11) is -0.333. The Balaban J connectivity index is 2.34. The van der Waals surface area contributed by atoms with Crippen LogP contribution in [0.4, 0.5) is 0 Å². The van der Waals surface area contributed by atoms with Crippen LogP contribution >= 0.6 is 47.8 Å². The van der Waals surface area contributed by atoms with Crippen molar-refractivity contribution in [1.82, 2.24) is 29.1 Å². The molecule has 0 aliphatic rings. The number of rotatable bonds is 3. The van der Waals surface area contributed by atoms with E-state index in [0.29, 0.717) is 0 Å². The Morgan fingerprint density at radius 2 is 0.800 bits per heavy atom. The molecular formula is C15H18BBr3N6-. The van der Waals surface area contributed by atoms with E-state index in [-0.39, 0.29) is 7.12 Å². The van der Waals surface area contributed by atoms with Crippen molar-refractivity contribution in [1.29, 1.82) is 0 Å². The second-order valence-corrected chi connectivity index (χ2v) is 8.51. The van der Waals surface area contributed by atoms with Crippen LogP contribution in [0.3, 0.4) is 0 Å². The van der Waals surface area contributed by atoms with Gasteiger partial charge in [0.1, 0.15) is 0 Å². The van der Waals surface area contributed by atoms with Gasteiger partial charge in [-0.15, -0.1) is 0 Å². The first-order valence-corrected chi connectivity index (χ1v) is 10.2. The average Bonchev–Trinajstić information content (AvgIpc) is 3.08. The second-order valence-electron chi connectivity index (χ2n) is 6.13. The lowest BCUT2D eigenvalue weighted by Crippen LogP contribution is -2.45. The van der Waals surface area contributed by atoms with E-state index in [1.54, 1.807) is 0 Å². The summed E-state index contributed by atoms with van der Waals surface area (Å²) in [5.41, 5.74) is 5.87. The molecule has 25 heavy (non-hydrogen) atoms. The molecule has 0 fully saturated rings. The number of aromatic nitrogens is 6. The summed E-state index contributed by atoms with van der Waals surface area (Å²) >= 11 is 10.9. The minimum atomic E-state index is -0.333. The summed E-state index contributed by atoms with van der Waals surface area (Å²) in [5, 5.41) is 14.2. The summed E-state index contributed by atoms with van der Waals surface area (Å²) in [6, 6.07) is 0. The van der Waals surface area contributed by atoms with Gasteiger partial charge in [0.25, 0.3) is 7.12 Å². The fourth-order valence-corrected chi connectivity index (χ4v) is 3.70. The van der Waals surface area contributed by atoms with Crippen molar-refractivity contribution in [2.24, 2.45) is 0 Å². The highest BCUT2D eigenvalue weighted by Gasteiger charge is 2.21. The molecule has 0 saturated carbocycles. The van der Waals surface area contributed by atoms with Gasteiger partial charge in [-0.1, -0.05) is 0 Å². The largest absolute Gasteiger partial charge is 0.421 e. The second kappa shape index (κ2) is 6.70. The van der Waals surface area contributed by atoms with Crippen molar-refractivity contribution >= 4 is 54.9 Å². The van der Waals surface area contributed by atoms with Crippen LogP contribution in [-0.2, 0) is 0 Å². The van der Waals surface area contributed by atoms with Gasteiger partial charge in [0.05, 0.1) is 30.5 Å². The molecule has 3 heterocycles. The third kappa shape index (κ3) is 2.96. The lowest BCUT2D eigenvalue weighted by molar-refractivity contribution is 0.729. The van der Waals surface area contributed by atoms with Gasteiger partial charge in [-0.25, -0.2) is 15.3 Å². The molecule has 0 atom stereocenters. The molecule has 0 saturated heterocycles. The third-order valence-electron chi connectivity index (χ3n) is 4.37. The zero-order valence-corrected chi connectivity index (χ0v) is 19.7. The third-order valence-corrected chi connectivity index (χ3v) is 7.81. The van der Waals surface area contributed by atoms with Gasteiger partial charge in [-0.3, -0.25) is 0 Å². The molecule has 0 aliphatic carbocycles. The molecule has 133 valence electrons. The number of hydrogen-bond acceptors (Lipinski definition) is 3. The van der Waals surface area contributed by atoms with E-state index in [4.69, 9.17) is 15.3 Å². The molecule has 3 rings (SSSR count). The van der Waals surface area contributed by atoms with Crippen molar-refractivity contribution in [3.05, 3.63) is 47.6 Å². The van der Waals surface area contributed by atoms with Gasteiger partial charge >= 0.3 is 0 Å². The van der Waals surface area contributed by atoms with E-state index in [9.17, 15) is 0 Å². The molecule has 3 aromatic rings. The monoisotopic (exact) mass is 530 g/mol. The fraction of sp³-hybridized carbons (Fsp3) is 0.400. The summed E-state index contributed by atoms with van der Waals surface area (Å²) in [5.74, 6) is 0. The highest BCUT2D eigenvalue weighted by Crippen LogP contribution is 2.26. The zero-order chi connectivity index (χ0) is 18.6. The van der Waals surface area contributed by atoms with Crippen molar-refractivity contribution in [3.8, 4) is 0 Å². The number of aryl methyl sites for hydroxylation is 3. The van der Waals surface area contributed by atoms with E-state index >= 15 is 0 Å². The van der Waals surface area contributed by atoms with Crippen LogP contribution in [0.5, 0.6) is 0 Å². The normalized spacial score (nSPS) is 11.8. The summed E-state index contributed by atoms with van der Waals surface area (Å²) in [6.07, 6.45) is 0. The Morgan fingerprint density at radius 3 is 0.960 bits per heavy atom. The fourth-order valence-electron chi connectivity index (χ4n) is 2.91. The summed E-state index contributed by atoms with van der Waals surface area (Å²) in [4.78, 5) is 0. The molecule has 0 spiro atoms. The predicted octanol–water partition coefficient (Wildman–Crippen LogP) is 4.34. The SMILES string of the molecule is Cc1nn([B-](n2nc(C)c(Br)c2C)n2nc(C)c(Br)c2C)c(C)c1Br. The van der Waals surface area contributed by atoms with Crippen molar-refractivity contribution in [2.45, 2.75) is 41.5 Å². The Labute approximate surface area is 172 Å². The Bertz CT molecular complexity index is 847.